The summed E-state index contributed by atoms with van der Waals surface area (Å²) in [5.74, 6) is -1.94. The Morgan fingerprint density at radius 2 is 1.93 bits per heavy atom. The van der Waals surface area contributed by atoms with E-state index in [2.05, 4.69) is 0 Å². The van der Waals surface area contributed by atoms with Crippen LogP contribution in [0.1, 0.15) is 10.6 Å². The maximum atomic E-state index is 11.4. The van der Waals surface area contributed by atoms with Crippen LogP contribution in [0.4, 0.5) is 0 Å². The summed E-state index contributed by atoms with van der Waals surface area (Å²) < 4.78 is 4.94. The molecule has 70 valence electrons. The molecule has 0 aliphatic rings. The van der Waals surface area contributed by atoms with Gasteiger partial charge in [0.05, 0.1) is 5.39 Å². The van der Waals surface area contributed by atoms with E-state index in [0.29, 0.717) is 5.39 Å². The normalized spacial score (nSPS) is 9.60. The number of carboxylic acid groups (broad SMARTS) is 1. The third-order valence-corrected chi connectivity index (χ3v) is 1.84. The van der Waals surface area contributed by atoms with E-state index in [0.717, 1.165) is 6.07 Å². The topological polar surface area (TPSA) is 70.3 Å². The van der Waals surface area contributed by atoms with E-state index >= 15 is 0 Å². The predicted octanol–water partition coefficient (Wildman–Crippen LogP) is -2.84. The number of rotatable bonds is 1. The van der Waals surface area contributed by atoms with Gasteiger partial charge in [0.15, 0.2) is 11.2 Å². The number of carbonyl (C=O) groups is 1. The molecule has 0 bridgehead atoms. The molecule has 4 nitrogen and oxygen atoms in total. The van der Waals surface area contributed by atoms with Gasteiger partial charge in [0.25, 0.3) is 0 Å². The summed E-state index contributed by atoms with van der Waals surface area (Å²) in [6.45, 7) is 0. The molecule has 5 heteroatoms. The van der Waals surface area contributed by atoms with E-state index in [9.17, 15) is 14.7 Å². The van der Waals surface area contributed by atoms with Gasteiger partial charge in [-0.3, -0.25) is 4.79 Å². The first-order valence-corrected chi connectivity index (χ1v) is 3.93. The molecule has 0 N–H and O–H groups in total. The number of carboxylic acids is 1. The Morgan fingerprint density at radius 3 is 2.60 bits per heavy atom. The van der Waals surface area contributed by atoms with E-state index in [1.54, 1.807) is 18.2 Å². The van der Waals surface area contributed by atoms with Gasteiger partial charge in [0.1, 0.15) is 11.6 Å². The second-order valence-corrected chi connectivity index (χ2v) is 2.76. The van der Waals surface area contributed by atoms with Crippen LogP contribution < -0.4 is 40.1 Å². The van der Waals surface area contributed by atoms with Gasteiger partial charge >= 0.3 is 29.6 Å². The summed E-state index contributed by atoms with van der Waals surface area (Å²) in [4.78, 5) is 21.8. The number of para-hydroxylation sites is 1. The smallest absolute Gasteiger partial charge is 0.542 e. The van der Waals surface area contributed by atoms with Crippen LogP contribution in [0.25, 0.3) is 11.0 Å². The zero-order valence-electron chi connectivity index (χ0n) is 8.02. The third kappa shape index (κ3) is 2.28. The molecule has 2 aromatic rings. The van der Waals surface area contributed by atoms with Gasteiger partial charge < -0.3 is 14.3 Å². The van der Waals surface area contributed by atoms with Gasteiger partial charge in [-0.15, -0.1) is 0 Å². The average Bonchev–Trinajstić information content (AvgIpc) is 2.17. The maximum Gasteiger partial charge on any atom is 1.00 e. The summed E-state index contributed by atoms with van der Waals surface area (Å²) in [5, 5.41) is 10.8. The zero-order valence-corrected chi connectivity index (χ0v) is 10.0. The number of benzene rings is 1. The SMILES string of the molecule is O=C([O-])c1cc(=O)c2ccccc2o1.[Na+]. The van der Waals surface area contributed by atoms with Crippen molar-refractivity contribution in [1.29, 1.82) is 0 Å². The van der Waals surface area contributed by atoms with Crippen molar-refractivity contribution < 1.29 is 43.9 Å². The molecular formula is C10H5NaO4. The molecular weight excluding hydrogens is 207 g/mol. The van der Waals surface area contributed by atoms with Crippen molar-refractivity contribution in [2.24, 2.45) is 0 Å². The monoisotopic (exact) mass is 212 g/mol. The molecule has 0 radical (unpaired) electrons. The molecule has 0 aliphatic carbocycles. The molecule has 1 aromatic heterocycles. The molecule has 0 saturated heterocycles. The summed E-state index contributed by atoms with van der Waals surface area (Å²) in [6, 6.07) is 7.35. The van der Waals surface area contributed by atoms with Gasteiger partial charge in [-0.05, 0) is 12.1 Å². The van der Waals surface area contributed by atoms with E-state index in [1.807, 2.05) is 0 Å². The minimum atomic E-state index is -1.49. The fourth-order valence-electron chi connectivity index (χ4n) is 1.20. The Morgan fingerprint density at radius 1 is 1.27 bits per heavy atom. The van der Waals surface area contributed by atoms with Crippen LogP contribution in [0.2, 0.25) is 0 Å². The molecule has 1 heterocycles. The molecule has 0 spiro atoms. The van der Waals surface area contributed by atoms with Crippen LogP contribution in [0, 0.1) is 0 Å². The minimum absolute atomic E-state index is 0. The fraction of sp³-hybridized carbons (Fsp3) is 0. The molecule has 15 heavy (non-hydrogen) atoms. The minimum Gasteiger partial charge on any atom is -0.542 e. The molecule has 0 saturated carbocycles. The van der Waals surface area contributed by atoms with Crippen molar-refractivity contribution in [3.63, 3.8) is 0 Å². The molecule has 0 unspecified atom stereocenters. The third-order valence-electron chi connectivity index (χ3n) is 1.84. The van der Waals surface area contributed by atoms with Gasteiger partial charge in [-0.25, -0.2) is 0 Å². The van der Waals surface area contributed by atoms with Crippen molar-refractivity contribution in [2.45, 2.75) is 0 Å². The van der Waals surface area contributed by atoms with Crippen LogP contribution in [-0.4, -0.2) is 5.97 Å². The molecule has 2 rings (SSSR count). The van der Waals surface area contributed by atoms with Crippen molar-refractivity contribution in [3.8, 4) is 0 Å². The van der Waals surface area contributed by atoms with Crippen LogP contribution >= 0.6 is 0 Å². The molecule has 0 fully saturated rings. The van der Waals surface area contributed by atoms with Crippen LogP contribution in [0.15, 0.2) is 39.5 Å². The average molecular weight is 212 g/mol. The Kier molecular flexibility index (Phi) is 3.68. The summed E-state index contributed by atoms with van der Waals surface area (Å²) in [7, 11) is 0. The first-order chi connectivity index (χ1) is 6.68. The van der Waals surface area contributed by atoms with E-state index in [4.69, 9.17) is 4.42 Å². The van der Waals surface area contributed by atoms with Gasteiger partial charge in [-0.2, -0.15) is 0 Å². The Hall–Kier alpha value is -1.10. The Labute approximate surface area is 107 Å². The quantitative estimate of drug-likeness (QED) is 0.477. The number of hydrogen-bond donors (Lipinski definition) is 0. The van der Waals surface area contributed by atoms with Gasteiger partial charge in [0.2, 0.25) is 0 Å². The maximum absolute atomic E-state index is 11.4. The van der Waals surface area contributed by atoms with Crippen molar-refractivity contribution in [2.75, 3.05) is 0 Å². The van der Waals surface area contributed by atoms with Crippen LogP contribution in [0.5, 0.6) is 0 Å². The molecule has 0 atom stereocenters. The number of hydrogen-bond acceptors (Lipinski definition) is 4. The van der Waals surface area contributed by atoms with Crippen LogP contribution in [0.3, 0.4) is 0 Å². The predicted molar refractivity (Wildman–Crippen MR) is 46.8 cm³/mol. The Balaban J connectivity index is 0.00000112. The summed E-state index contributed by atoms with van der Waals surface area (Å²) >= 11 is 0. The number of carbonyl (C=O) groups excluding carboxylic acids is 1. The van der Waals surface area contributed by atoms with E-state index < -0.39 is 11.7 Å². The molecule has 0 aliphatic heterocycles. The standard InChI is InChI=1S/C10H6O4.Na/c11-7-5-9(10(12)13)14-8-4-2-1-3-6(7)8;/h1-5H,(H,12,13);/q;+1/p-1. The second-order valence-electron chi connectivity index (χ2n) is 2.76. The first kappa shape index (κ1) is 12.0. The Bertz CT molecular complexity index is 559. The van der Waals surface area contributed by atoms with E-state index in [1.165, 1.54) is 6.07 Å². The van der Waals surface area contributed by atoms with Gasteiger partial charge in [0, 0.05) is 6.07 Å². The first-order valence-electron chi connectivity index (χ1n) is 3.93. The fourth-order valence-corrected chi connectivity index (χ4v) is 1.20. The summed E-state index contributed by atoms with van der Waals surface area (Å²) in [5.41, 5.74) is -0.134. The zero-order chi connectivity index (χ0) is 10.1. The largest absolute Gasteiger partial charge is 1.00 e. The number of fused-ring (bicyclic) bond motifs is 1. The summed E-state index contributed by atoms with van der Waals surface area (Å²) in [6.07, 6.45) is 0. The van der Waals surface area contributed by atoms with E-state index in [-0.39, 0.29) is 40.6 Å². The van der Waals surface area contributed by atoms with Crippen molar-refractivity contribution in [3.05, 3.63) is 46.3 Å². The van der Waals surface area contributed by atoms with Crippen LogP contribution in [-0.2, 0) is 0 Å². The molecule has 1 aromatic carbocycles. The molecule has 0 amide bonds. The van der Waals surface area contributed by atoms with Crippen molar-refractivity contribution in [1.82, 2.24) is 0 Å². The van der Waals surface area contributed by atoms with Gasteiger partial charge in [-0.1, -0.05) is 12.1 Å². The second kappa shape index (κ2) is 4.61. The van der Waals surface area contributed by atoms with Crippen molar-refractivity contribution >= 4 is 16.9 Å². The number of aromatic carboxylic acids is 1.